The lowest BCUT2D eigenvalue weighted by molar-refractivity contribution is -0.116. The van der Waals surface area contributed by atoms with E-state index in [2.05, 4.69) is 10.6 Å². The van der Waals surface area contributed by atoms with Crippen LogP contribution in [0.5, 0.6) is 0 Å². The fraction of sp³-hybridized carbons (Fsp3) is 0.346. The van der Waals surface area contributed by atoms with Crippen molar-refractivity contribution in [3.8, 4) is 5.69 Å². The molecule has 0 spiro atoms. The Balaban J connectivity index is 1.85. The minimum atomic E-state index is -0.457. The summed E-state index contributed by atoms with van der Waals surface area (Å²) in [5.74, 6) is 0.173. The summed E-state index contributed by atoms with van der Waals surface area (Å²) in [7, 11) is 0. The lowest BCUT2D eigenvalue weighted by atomic mass is 9.92. The van der Waals surface area contributed by atoms with Crippen LogP contribution in [0.15, 0.2) is 42.5 Å². The Hall–Kier alpha value is -2.45. The summed E-state index contributed by atoms with van der Waals surface area (Å²) in [6.45, 7) is 10.2. The first-order valence-corrected chi connectivity index (χ1v) is 13.1. The van der Waals surface area contributed by atoms with Gasteiger partial charge in [-0.15, -0.1) is 0 Å². The highest BCUT2D eigenvalue weighted by Gasteiger charge is 2.24. The van der Waals surface area contributed by atoms with E-state index in [4.69, 9.17) is 51.5 Å². The normalized spacial score (nSPS) is 11.5. The van der Waals surface area contributed by atoms with Crippen molar-refractivity contribution in [3.05, 3.63) is 68.2 Å². The molecule has 198 valence electrons. The number of hydrogen-bond acceptors (Lipinski definition) is 3. The smallest absolute Gasteiger partial charge is 0.315 e. The van der Waals surface area contributed by atoms with Crippen LogP contribution in [0.2, 0.25) is 20.1 Å². The average molecular weight is 585 g/mol. The zero-order valence-electron chi connectivity index (χ0n) is 21.2. The topological polar surface area (TPSA) is 79.3 Å². The molecule has 0 aliphatic carbocycles. The third-order valence-electron chi connectivity index (χ3n) is 5.27. The average Bonchev–Trinajstić information content (AvgIpc) is 3.21. The van der Waals surface area contributed by atoms with E-state index in [9.17, 15) is 9.59 Å². The highest BCUT2D eigenvalue weighted by molar-refractivity contribution is 6.42. The molecule has 37 heavy (non-hydrogen) atoms. The molecule has 3 rings (SSSR count). The minimum absolute atomic E-state index is 0.119. The molecule has 2 N–H and O–H groups in total. The van der Waals surface area contributed by atoms with Gasteiger partial charge in [0.15, 0.2) is 0 Å². The predicted octanol–water partition coefficient (Wildman–Crippen LogP) is 7.91. The summed E-state index contributed by atoms with van der Waals surface area (Å²) < 4.78 is 1.60. The first-order valence-electron chi connectivity index (χ1n) is 11.6. The van der Waals surface area contributed by atoms with E-state index >= 15 is 0 Å². The molecule has 1 heterocycles. The maximum absolute atomic E-state index is 13.2. The van der Waals surface area contributed by atoms with E-state index in [0.29, 0.717) is 43.8 Å². The molecule has 2 aromatic carbocycles. The van der Waals surface area contributed by atoms with E-state index < -0.39 is 6.03 Å². The summed E-state index contributed by atoms with van der Waals surface area (Å²) in [5.41, 5.74) is 1.53. The van der Waals surface area contributed by atoms with Crippen molar-refractivity contribution in [3.63, 3.8) is 0 Å². The second kappa shape index (κ2) is 11.9. The molecule has 0 atom stereocenters. The number of hydrogen-bond donors (Lipinski definition) is 2. The molecular formula is C26H29Cl4N5O2. The summed E-state index contributed by atoms with van der Waals surface area (Å²) in [4.78, 5) is 27.7. The molecule has 0 radical (unpaired) electrons. The largest absolute Gasteiger partial charge is 0.322 e. The number of amides is 3. The Bertz CT molecular complexity index is 1300. The van der Waals surface area contributed by atoms with E-state index in [0.717, 1.165) is 5.69 Å². The molecule has 0 fully saturated rings. The van der Waals surface area contributed by atoms with Crippen LogP contribution in [0, 0.1) is 5.92 Å². The van der Waals surface area contributed by atoms with Crippen molar-refractivity contribution in [2.24, 2.45) is 5.92 Å². The van der Waals surface area contributed by atoms with Crippen LogP contribution in [0.25, 0.3) is 5.69 Å². The van der Waals surface area contributed by atoms with Crippen molar-refractivity contribution in [1.82, 2.24) is 14.7 Å². The molecule has 3 amide bonds. The second-order valence-electron chi connectivity index (χ2n) is 10.1. The number of urea groups is 1. The molecular weight excluding hydrogens is 556 g/mol. The van der Waals surface area contributed by atoms with E-state index in [1.54, 1.807) is 41.1 Å². The standard InChI is InChI=1S/C26H29Cl4N5O2/c1-15(2)13-34(25(37)31-21-9-6-16(27)10-20(21)30)14-24(36)32-23-12-22(26(3,4)5)33-35(23)17-7-8-18(28)19(29)11-17/h6-12,15H,13-14H2,1-5H3,(H,31,37)(H,32,36). The summed E-state index contributed by atoms with van der Waals surface area (Å²) in [5, 5.41) is 11.9. The number of halogens is 4. The molecule has 0 bridgehead atoms. The van der Waals surface area contributed by atoms with Gasteiger partial charge in [-0.05, 0) is 42.3 Å². The van der Waals surface area contributed by atoms with Crippen LogP contribution in [0.4, 0.5) is 16.3 Å². The number of anilines is 2. The Morgan fingerprint density at radius 1 is 0.946 bits per heavy atom. The van der Waals surface area contributed by atoms with E-state index in [-0.39, 0.29) is 23.8 Å². The van der Waals surface area contributed by atoms with Crippen molar-refractivity contribution in [2.45, 2.75) is 40.0 Å². The number of aromatic nitrogens is 2. The molecule has 0 aliphatic rings. The van der Waals surface area contributed by atoms with Crippen LogP contribution in [-0.2, 0) is 10.2 Å². The summed E-state index contributed by atoms with van der Waals surface area (Å²) >= 11 is 24.5. The lowest BCUT2D eigenvalue weighted by Crippen LogP contribution is -2.42. The van der Waals surface area contributed by atoms with Crippen LogP contribution in [-0.4, -0.2) is 39.7 Å². The fourth-order valence-electron chi connectivity index (χ4n) is 3.45. The molecule has 11 heteroatoms. The zero-order valence-corrected chi connectivity index (χ0v) is 24.2. The van der Waals surface area contributed by atoms with Crippen LogP contribution in [0.1, 0.15) is 40.3 Å². The van der Waals surface area contributed by atoms with Gasteiger partial charge in [0, 0.05) is 23.0 Å². The summed E-state index contributed by atoms with van der Waals surface area (Å²) in [6.07, 6.45) is 0. The van der Waals surface area contributed by atoms with Crippen molar-refractivity contribution in [2.75, 3.05) is 23.7 Å². The van der Waals surface area contributed by atoms with Gasteiger partial charge >= 0.3 is 6.03 Å². The second-order valence-corrected chi connectivity index (χ2v) is 11.7. The zero-order chi connectivity index (χ0) is 27.5. The maximum atomic E-state index is 13.2. The molecule has 1 aromatic heterocycles. The summed E-state index contributed by atoms with van der Waals surface area (Å²) in [6, 6.07) is 11.2. The van der Waals surface area contributed by atoms with E-state index in [1.165, 1.54) is 11.0 Å². The Morgan fingerprint density at radius 2 is 1.65 bits per heavy atom. The number of rotatable bonds is 7. The van der Waals surface area contributed by atoms with Gasteiger partial charge in [-0.25, -0.2) is 9.48 Å². The van der Waals surface area contributed by atoms with Crippen molar-refractivity contribution >= 4 is 69.8 Å². The number of nitrogens with zero attached hydrogens (tertiary/aromatic N) is 3. The molecule has 0 saturated carbocycles. The first kappa shape index (κ1) is 29.1. The third kappa shape index (κ3) is 7.77. The minimum Gasteiger partial charge on any atom is -0.315 e. The van der Waals surface area contributed by atoms with Crippen molar-refractivity contribution < 1.29 is 9.59 Å². The molecule has 3 aromatic rings. The van der Waals surface area contributed by atoms with Gasteiger partial charge in [-0.2, -0.15) is 5.10 Å². The third-order valence-corrected chi connectivity index (χ3v) is 6.56. The maximum Gasteiger partial charge on any atom is 0.322 e. The monoisotopic (exact) mass is 583 g/mol. The first-order chi connectivity index (χ1) is 17.2. The van der Waals surface area contributed by atoms with Crippen LogP contribution < -0.4 is 10.6 Å². The molecule has 7 nitrogen and oxygen atoms in total. The van der Waals surface area contributed by atoms with Crippen LogP contribution >= 0.6 is 46.4 Å². The number of carbonyl (C=O) groups excluding carboxylic acids is 2. The molecule has 0 saturated heterocycles. The highest BCUT2D eigenvalue weighted by Crippen LogP contribution is 2.30. The predicted molar refractivity (Wildman–Crippen MR) is 153 cm³/mol. The van der Waals surface area contributed by atoms with E-state index in [1.807, 2.05) is 34.6 Å². The van der Waals surface area contributed by atoms with Gasteiger partial charge in [0.05, 0.1) is 32.1 Å². The van der Waals surface area contributed by atoms with Gasteiger partial charge in [-0.1, -0.05) is 81.0 Å². The highest BCUT2D eigenvalue weighted by atomic mass is 35.5. The van der Waals surface area contributed by atoms with Crippen LogP contribution in [0.3, 0.4) is 0 Å². The Kier molecular flexibility index (Phi) is 9.40. The Labute approximate surface area is 237 Å². The van der Waals surface area contributed by atoms with Gasteiger partial charge in [0.1, 0.15) is 12.4 Å². The fourth-order valence-corrected chi connectivity index (χ4v) is 4.20. The van der Waals surface area contributed by atoms with Gasteiger partial charge in [0.25, 0.3) is 0 Å². The number of benzene rings is 2. The lowest BCUT2D eigenvalue weighted by Gasteiger charge is -2.24. The van der Waals surface area contributed by atoms with Gasteiger partial charge in [-0.3, -0.25) is 4.79 Å². The Morgan fingerprint density at radius 3 is 2.24 bits per heavy atom. The van der Waals surface area contributed by atoms with Crippen molar-refractivity contribution in [1.29, 1.82) is 0 Å². The van der Waals surface area contributed by atoms with Gasteiger partial charge in [0.2, 0.25) is 5.91 Å². The number of carbonyl (C=O) groups is 2. The molecule has 0 aliphatic heterocycles. The van der Waals surface area contributed by atoms with Gasteiger partial charge < -0.3 is 15.5 Å². The number of nitrogens with one attached hydrogen (secondary N) is 2. The molecule has 0 unspecified atom stereocenters. The quantitative estimate of drug-likeness (QED) is 0.296. The SMILES string of the molecule is CC(C)CN(CC(=O)Nc1cc(C(C)(C)C)nn1-c1ccc(Cl)c(Cl)c1)C(=O)Nc1ccc(Cl)cc1Cl.